The van der Waals surface area contributed by atoms with E-state index in [4.69, 9.17) is 20.2 Å². The topological polar surface area (TPSA) is 104 Å². The molecule has 0 atom stereocenters. The number of rotatable bonds is 6. The fraction of sp³-hybridized carbons (Fsp3) is 0.208. The van der Waals surface area contributed by atoms with Crippen LogP contribution in [0, 0.1) is 6.92 Å². The highest BCUT2D eigenvalue weighted by Gasteiger charge is 2.13. The molecule has 1 amide bonds. The van der Waals surface area contributed by atoms with Crippen molar-refractivity contribution in [1.82, 2.24) is 14.6 Å². The third kappa shape index (κ3) is 4.49. The smallest absolute Gasteiger partial charge is 0.248 e. The van der Waals surface area contributed by atoms with Gasteiger partial charge < -0.3 is 20.5 Å². The molecule has 2 heterocycles. The fourth-order valence-corrected chi connectivity index (χ4v) is 3.36. The maximum absolute atomic E-state index is 11.5. The summed E-state index contributed by atoms with van der Waals surface area (Å²) in [7, 11) is 3.21. The van der Waals surface area contributed by atoms with E-state index in [0.717, 1.165) is 22.4 Å². The minimum atomic E-state index is -0.479. The number of carbonyl (C=O) groups is 1. The van der Waals surface area contributed by atoms with Crippen molar-refractivity contribution in [2.45, 2.75) is 20.8 Å². The number of methoxy groups -OCH3 is 2. The van der Waals surface area contributed by atoms with Gasteiger partial charge in [-0.15, -0.1) is 0 Å². The molecule has 0 radical (unpaired) electrons. The number of benzene rings is 2. The monoisotopic (exact) mass is 433 g/mol. The van der Waals surface area contributed by atoms with E-state index >= 15 is 0 Å². The van der Waals surface area contributed by atoms with Crippen molar-refractivity contribution in [3.05, 3.63) is 66.0 Å². The number of primary amides is 1. The Morgan fingerprint density at radius 3 is 2.56 bits per heavy atom. The van der Waals surface area contributed by atoms with Gasteiger partial charge in [-0.3, -0.25) is 4.79 Å². The van der Waals surface area contributed by atoms with Crippen LogP contribution in [-0.2, 0) is 0 Å². The molecule has 0 fully saturated rings. The summed E-state index contributed by atoms with van der Waals surface area (Å²) >= 11 is 0. The summed E-state index contributed by atoms with van der Waals surface area (Å²) in [6.45, 7) is 5.95. The lowest BCUT2D eigenvalue weighted by Gasteiger charge is -2.14. The van der Waals surface area contributed by atoms with Crippen LogP contribution >= 0.6 is 0 Å². The van der Waals surface area contributed by atoms with Gasteiger partial charge >= 0.3 is 0 Å². The molecule has 0 bridgehead atoms. The van der Waals surface area contributed by atoms with Gasteiger partial charge in [-0.1, -0.05) is 26.0 Å². The molecule has 3 N–H and O–H groups in total. The number of aromatic nitrogens is 3. The van der Waals surface area contributed by atoms with E-state index in [9.17, 15) is 4.79 Å². The summed E-state index contributed by atoms with van der Waals surface area (Å²) in [4.78, 5) is 16.2. The van der Waals surface area contributed by atoms with Crippen molar-refractivity contribution in [1.29, 1.82) is 0 Å². The largest absolute Gasteiger partial charge is 0.493 e. The number of nitrogens with zero attached hydrogens (tertiary/aromatic N) is 3. The van der Waals surface area contributed by atoms with Gasteiger partial charge in [0, 0.05) is 29.1 Å². The van der Waals surface area contributed by atoms with Gasteiger partial charge in [0.15, 0.2) is 17.1 Å². The first kappa shape index (κ1) is 22.6. The van der Waals surface area contributed by atoms with Crippen molar-refractivity contribution < 1.29 is 14.3 Å². The molecule has 0 aliphatic rings. The Morgan fingerprint density at radius 2 is 1.88 bits per heavy atom. The second-order valence-electron chi connectivity index (χ2n) is 6.74. The Labute approximate surface area is 187 Å². The maximum Gasteiger partial charge on any atom is 0.248 e. The molecule has 0 spiro atoms. The van der Waals surface area contributed by atoms with Gasteiger partial charge in [-0.05, 0) is 42.3 Å². The standard InChI is InChI=1S/C22H21N5O3.C2H6/c1-13-9-16(11-18(29-2)20(13)30-3)25-19-7-8-27-22(26-19)17(12-24-27)14-5-4-6-15(10-14)21(23)28;1-2/h4-12H,1-3H3,(H2,23,28)(H,25,26);1-2H3. The van der Waals surface area contributed by atoms with Crippen molar-refractivity contribution in [3.63, 3.8) is 0 Å². The number of carbonyl (C=O) groups excluding carboxylic acids is 1. The first-order chi connectivity index (χ1) is 15.5. The lowest BCUT2D eigenvalue weighted by molar-refractivity contribution is 0.100. The van der Waals surface area contributed by atoms with Gasteiger partial charge in [0.2, 0.25) is 5.91 Å². The van der Waals surface area contributed by atoms with Gasteiger partial charge in [0.1, 0.15) is 5.82 Å². The molecule has 4 aromatic rings. The number of anilines is 2. The van der Waals surface area contributed by atoms with E-state index in [2.05, 4.69) is 10.4 Å². The highest BCUT2D eigenvalue weighted by molar-refractivity contribution is 5.94. The molecule has 2 aromatic heterocycles. The number of fused-ring (bicyclic) bond motifs is 1. The molecule has 0 unspecified atom stereocenters. The predicted octanol–water partition coefficient (Wildman–Crippen LogP) is 4.59. The number of ether oxygens (including phenoxy) is 2. The van der Waals surface area contributed by atoms with Crippen LogP contribution in [0.1, 0.15) is 29.8 Å². The molecule has 8 heteroatoms. The molecule has 4 rings (SSSR count). The first-order valence-electron chi connectivity index (χ1n) is 10.2. The second kappa shape index (κ2) is 9.82. The minimum Gasteiger partial charge on any atom is -0.493 e. The van der Waals surface area contributed by atoms with Gasteiger partial charge in [-0.2, -0.15) is 5.10 Å². The van der Waals surface area contributed by atoms with Crippen molar-refractivity contribution in [3.8, 4) is 22.6 Å². The molecular weight excluding hydrogens is 406 g/mol. The lowest BCUT2D eigenvalue weighted by atomic mass is 10.1. The van der Waals surface area contributed by atoms with E-state index in [1.165, 1.54) is 0 Å². The van der Waals surface area contributed by atoms with Crippen LogP contribution in [-0.4, -0.2) is 34.7 Å². The van der Waals surface area contributed by atoms with Crippen LogP contribution in [0.2, 0.25) is 0 Å². The highest BCUT2D eigenvalue weighted by atomic mass is 16.5. The van der Waals surface area contributed by atoms with Crippen LogP contribution < -0.4 is 20.5 Å². The Hall–Kier alpha value is -4.07. The number of amides is 1. The SMILES string of the molecule is CC.COc1cc(Nc2ccn3ncc(-c4cccc(C(N)=O)c4)c3n2)cc(C)c1OC. The molecule has 2 aromatic carbocycles. The molecule has 0 saturated carbocycles. The van der Waals surface area contributed by atoms with E-state index in [0.29, 0.717) is 28.5 Å². The number of aryl methyl sites for hydroxylation is 1. The maximum atomic E-state index is 11.5. The average Bonchev–Trinajstić information content (AvgIpc) is 3.23. The third-order valence-electron chi connectivity index (χ3n) is 4.76. The van der Waals surface area contributed by atoms with Gasteiger partial charge in [-0.25, -0.2) is 9.50 Å². The summed E-state index contributed by atoms with van der Waals surface area (Å²) < 4.78 is 12.5. The predicted molar refractivity (Wildman–Crippen MR) is 126 cm³/mol. The van der Waals surface area contributed by atoms with Crippen molar-refractivity contribution in [2.24, 2.45) is 5.73 Å². The van der Waals surface area contributed by atoms with E-state index in [1.54, 1.807) is 43.1 Å². The molecule has 0 aliphatic heterocycles. The number of nitrogens with two attached hydrogens (primary N) is 1. The summed E-state index contributed by atoms with van der Waals surface area (Å²) in [5.74, 6) is 1.49. The Kier molecular flexibility index (Phi) is 6.94. The molecular formula is C24H27N5O3. The number of hydrogen-bond donors (Lipinski definition) is 2. The molecule has 166 valence electrons. The summed E-state index contributed by atoms with van der Waals surface area (Å²) in [5, 5.41) is 7.65. The zero-order valence-electron chi connectivity index (χ0n) is 18.8. The van der Waals surface area contributed by atoms with Crippen LogP contribution in [0.4, 0.5) is 11.5 Å². The number of hydrogen-bond acceptors (Lipinski definition) is 6. The zero-order valence-corrected chi connectivity index (χ0v) is 18.8. The fourth-order valence-electron chi connectivity index (χ4n) is 3.36. The van der Waals surface area contributed by atoms with Crippen LogP contribution in [0.3, 0.4) is 0 Å². The normalized spacial score (nSPS) is 10.3. The average molecular weight is 434 g/mol. The summed E-state index contributed by atoms with van der Waals surface area (Å²) in [6.07, 6.45) is 3.53. The van der Waals surface area contributed by atoms with Crippen LogP contribution in [0.25, 0.3) is 16.8 Å². The zero-order chi connectivity index (χ0) is 23.3. The quantitative estimate of drug-likeness (QED) is 0.461. The molecule has 0 saturated heterocycles. The van der Waals surface area contributed by atoms with E-state index in [1.807, 2.05) is 51.2 Å². The minimum absolute atomic E-state index is 0.432. The summed E-state index contributed by atoms with van der Waals surface area (Å²) in [5.41, 5.74) is 9.86. The molecule has 8 nitrogen and oxygen atoms in total. The van der Waals surface area contributed by atoms with E-state index in [-0.39, 0.29) is 0 Å². The molecule has 32 heavy (non-hydrogen) atoms. The number of nitrogens with one attached hydrogen (secondary N) is 1. The Morgan fingerprint density at radius 1 is 1.09 bits per heavy atom. The Balaban J connectivity index is 0.00000141. The first-order valence-corrected chi connectivity index (χ1v) is 10.2. The van der Waals surface area contributed by atoms with Crippen molar-refractivity contribution >= 4 is 23.1 Å². The Bertz CT molecular complexity index is 1250. The highest BCUT2D eigenvalue weighted by Crippen LogP contribution is 2.35. The van der Waals surface area contributed by atoms with Crippen LogP contribution in [0.15, 0.2) is 54.9 Å². The third-order valence-corrected chi connectivity index (χ3v) is 4.76. The van der Waals surface area contributed by atoms with E-state index < -0.39 is 5.91 Å². The van der Waals surface area contributed by atoms with Crippen LogP contribution in [0.5, 0.6) is 11.5 Å². The lowest BCUT2D eigenvalue weighted by Crippen LogP contribution is -2.10. The summed E-state index contributed by atoms with van der Waals surface area (Å²) in [6, 6.07) is 12.7. The van der Waals surface area contributed by atoms with Gasteiger partial charge in [0.05, 0.1) is 20.4 Å². The second-order valence-corrected chi connectivity index (χ2v) is 6.74. The van der Waals surface area contributed by atoms with Gasteiger partial charge in [0.25, 0.3) is 0 Å². The van der Waals surface area contributed by atoms with Crippen molar-refractivity contribution in [2.75, 3.05) is 19.5 Å². The molecule has 0 aliphatic carbocycles.